The van der Waals surface area contributed by atoms with E-state index in [0.29, 0.717) is 22.4 Å². The van der Waals surface area contributed by atoms with Crippen molar-refractivity contribution in [3.05, 3.63) is 96.1 Å². The SMILES string of the molecule is CN1C(=C(C#N)C(=O)CSc2nnc(-c3ccc(F)cc3)n2-c2ccccc2)N(C)c2ccccc21. The summed E-state index contributed by atoms with van der Waals surface area (Å²) >= 11 is 1.20. The zero-order chi connectivity index (χ0) is 25.2. The third-order valence-corrected chi connectivity index (χ3v) is 6.87. The van der Waals surface area contributed by atoms with Crippen molar-refractivity contribution in [2.24, 2.45) is 0 Å². The van der Waals surface area contributed by atoms with Gasteiger partial charge >= 0.3 is 0 Å². The fraction of sp³-hybridized carbons (Fsp3) is 0.111. The Bertz CT molecular complexity index is 1480. The van der Waals surface area contributed by atoms with Crippen molar-refractivity contribution in [3.8, 4) is 23.1 Å². The summed E-state index contributed by atoms with van der Waals surface area (Å²) in [4.78, 5) is 17.0. The van der Waals surface area contributed by atoms with Gasteiger partial charge in [0.2, 0.25) is 0 Å². The van der Waals surface area contributed by atoms with E-state index in [0.717, 1.165) is 17.1 Å². The van der Waals surface area contributed by atoms with Gasteiger partial charge in [-0.15, -0.1) is 10.2 Å². The number of nitrogens with zero attached hydrogens (tertiary/aromatic N) is 6. The molecule has 0 amide bonds. The number of rotatable bonds is 6. The van der Waals surface area contributed by atoms with Gasteiger partial charge in [0.05, 0.1) is 17.1 Å². The van der Waals surface area contributed by atoms with Crippen molar-refractivity contribution in [2.75, 3.05) is 29.6 Å². The van der Waals surface area contributed by atoms with Gasteiger partial charge in [-0.1, -0.05) is 42.1 Å². The molecule has 0 saturated carbocycles. The zero-order valence-electron chi connectivity index (χ0n) is 19.6. The molecule has 0 saturated heterocycles. The predicted octanol–water partition coefficient (Wildman–Crippen LogP) is 5.06. The van der Waals surface area contributed by atoms with Crippen LogP contribution in [-0.2, 0) is 4.79 Å². The maximum absolute atomic E-state index is 13.5. The molecule has 0 fully saturated rings. The molecule has 9 heteroatoms. The molecule has 1 aliphatic rings. The fourth-order valence-corrected chi connectivity index (χ4v) is 5.04. The van der Waals surface area contributed by atoms with Gasteiger partial charge in [-0.05, 0) is 48.5 Å². The number of benzene rings is 3. The van der Waals surface area contributed by atoms with Crippen LogP contribution in [0.3, 0.4) is 0 Å². The number of Topliss-reactive ketones (excluding diaryl/α,β-unsaturated/α-hetero) is 1. The number of thioether (sulfide) groups is 1. The summed E-state index contributed by atoms with van der Waals surface area (Å²) in [5.74, 6) is 0.418. The third kappa shape index (κ3) is 4.12. The van der Waals surface area contributed by atoms with Crippen LogP contribution in [0.1, 0.15) is 0 Å². The molecular formula is C27H21FN6OS. The van der Waals surface area contributed by atoms with E-state index in [-0.39, 0.29) is 22.9 Å². The second-order valence-electron chi connectivity index (χ2n) is 8.11. The minimum atomic E-state index is -0.342. The zero-order valence-corrected chi connectivity index (χ0v) is 20.4. The van der Waals surface area contributed by atoms with E-state index >= 15 is 0 Å². The maximum atomic E-state index is 13.5. The lowest BCUT2D eigenvalue weighted by molar-refractivity contribution is -0.112. The number of fused-ring (bicyclic) bond motifs is 1. The number of hydrogen-bond acceptors (Lipinski definition) is 7. The number of ketones is 1. The summed E-state index contributed by atoms with van der Waals surface area (Å²) in [7, 11) is 3.69. The molecule has 1 aliphatic heterocycles. The molecule has 0 aliphatic carbocycles. The van der Waals surface area contributed by atoms with Gasteiger partial charge in [-0.3, -0.25) is 9.36 Å². The molecule has 7 nitrogen and oxygen atoms in total. The molecule has 36 heavy (non-hydrogen) atoms. The summed E-state index contributed by atoms with van der Waals surface area (Å²) in [6.07, 6.45) is 0. The van der Waals surface area contributed by atoms with E-state index in [1.54, 1.807) is 12.1 Å². The molecule has 0 N–H and O–H groups in total. The van der Waals surface area contributed by atoms with Crippen molar-refractivity contribution in [1.29, 1.82) is 5.26 Å². The molecule has 0 spiro atoms. The van der Waals surface area contributed by atoms with E-state index in [2.05, 4.69) is 16.3 Å². The van der Waals surface area contributed by atoms with E-state index in [1.165, 1.54) is 23.9 Å². The number of allylic oxidation sites excluding steroid dienone is 1. The first-order valence-corrected chi connectivity index (χ1v) is 12.1. The van der Waals surface area contributed by atoms with Gasteiger partial charge < -0.3 is 9.80 Å². The number of anilines is 2. The van der Waals surface area contributed by atoms with Crippen molar-refractivity contribution < 1.29 is 9.18 Å². The Morgan fingerprint density at radius 2 is 1.53 bits per heavy atom. The molecule has 3 aromatic carbocycles. The third-order valence-electron chi connectivity index (χ3n) is 5.94. The van der Waals surface area contributed by atoms with Gasteiger partial charge in [0, 0.05) is 25.3 Å². The molecule has 4 aromatic rings. The normalized spacial score (nSPS) is 12.4. The first-order valence-electron chi connectivity index (χ1n) is 11.1. The molecule has 0 unspecified atom stereocenters. The number of aromatic nitrogens is 3. The lowest BCUT2D eigenvalue weighted by Crippen LogP contribution is -2.26. The topological polar surface area (TPSA) is 78.0 Å². The number of hydrogen-bond donors (Lipinski definition) is 0. The summed E-state index contributed by atoms with van der Waals surface area (Å²) in [5, 5.41) is 19.1. The largest absolute Gasteiger partial charge is 0.328 e. The van der Waals surface area contributed by atoms with Crippen LogP contribution in [0.25, 0.3) is 17.1 Å². The van der Waals surface area contributed by atoms with Crippen molar-refractivity contribution in [1.82, 2.24) is 14.8 Å². The highest BCUT2D eigenvalue weighted by Crippen LogP contribution is 2.40. The lowest BCUT2D eigenvalue weighted by Gasteiger charge is -2.19. The van der Waals surface area contributed by atoms with Crippen molar-refractivity contribution >= 4 is 28.9 Å². The predicted molar refractivity (Wildman–Crippen MR) is 138 cm³/mol. The number of halogens is 1. The minimum absolute atomic E-state index is 0.00119. The Morgan fingerprint density at radius 1 is 0.917 bits per heavy atom. The van der Waals surface area contributed by atoms with E-state index in [4.69, 9.17) is 0 Å². The molecule has 5 rings (SSSR count). The van der Waals surface area contributed by atoms with E-state index in [1.807, 2.05) is 83.1 Å². The first-order chi connectivity index (χ1) is 17.5. The van der Waals surface area contributed by atoms with Crippen LogP contribution in [0.2, 0.25) is 0 Å². The quantitative estimate of drug-likeness (QED) is 0.210. The van der Waals surface area contributed by atoms with Crippen LogP contribution in [-0.4, -0.2) is 40.4 Å². The molecule has 0 bridgehead atoms. The Labute approximate surface area is 212 Å². The average molecular weight is 497 g/mol. The number of carbonyl (C=O) groups excluding carboxylic acids is 1. The standard InChI is InChI=1S/C27H21FN6OS/c1-32-22-10-6-7-11-23(22)33(2)26(32)21(16-29)24(35)17-36-27-31-30-25(18-12-14-19(28)15-13-18)34(27)20-8-4-3-5-9-20/h3-15H,17H2,1-2H3. The van der Waals surface area contributed by atoms with Crippen LogP contribution >= 0.6 is 11.8 Å². The van der Waals surface area contributed by atoms with Gasteiger partial charge in [0.25, 0.3) is 0 Å². The number of nitriles is 1. The van der Waals surface area contributed by atoms with Crippen LogP contribution in [0.5, 0.6) is 0 Å². The highest BCUT2D eigenvalue weighted by Gasteiger charge is 2.31. The van der Waals surface area contributed by atoms with Crippen LogP contribution in [0.4, 0.5) is 15.8 Å². The summed E-state index contributed by atoms with van der Waals surface area (Å²) in [5.41, 5.74) is 3.43. The minimum Gasteiger partial charge on any atom is -0.328 e. The van der Waals surface area contributed by atoms with Gasteiger partial charge in [-0.25, -0.2) is 4.39 Å². The maximum Gasteiger partial charge on any atom is 0.196 e. The Hall–Kier alpha value is -4.42. The summed E-state index contributed by atoms with van der Waals surface area (Å²) in [6, 6.07) is 25.4. The van der Waals surface area contributed by atoms with Gasteiger partial charge in [0.15, 0.2) is 16.8 Å². The smallest absolute Gasteiger partial charge is 0.196 e. The Morgan fingerprint density at radius 3 is 2.14 bits per heavy atom. The number of carbonyl (C=O) groups is 1. The molecule has 0 radical (unpaired) electrons. The molecule has 2 heterocycles. The monoisotopic (exact) mass is 496 g/mol. The highest BCUT2D eigenvalue weighted by molar-refractivity contribution is 7.99. The Kier molecular flexibility index (Phi) is 6.27. The first kappa shape index (κ1) is 23.3. The Balaban J connectivity index is 1.46. The van der Waals surface area contributed by atoms with Gasteiger partial charge in [0.1, 0.15) is 23.3 Å². The van der Waals surface area contributed by atoms with Crippen LogP contribution in [0.15, 0.2) is 95.4 Å². The molecule has 1 aromatic heterocycles. The van der Waals surface area contributed by atoms with Crippen molar-refractivity contribution in [2.45, 2.75) is 5.16 Å². The average Bonchev–Trinajstić information content (AvgIpc) is 3.44. The summed E-state index contributed by atoms with van der Waals surface area (Å²) in [6.45, 7) is 0. The number of para-hydroxylation sites is 3. The molecule has 0 atom stereocenters. The van der Waals surface area contributed by atoms with Crippen LogP contribution in [0, 0.1) is 17.1 Å². The highest BCUT2D eigenvalue weighted by atomic mass is 32.2. The van der Waals surface area contributed by atoms with E-state index in [9.17, 15) is 14.4 Å². The fourth-order valence-electron chi connectivity index (χ4n) is 4.22. The molecular weight excluding hydrogens is 475 g/mol. The van der Waals surface area contributed by atoms with Gasteiger partial charge in [-0.2, -0.15) is 5.26 Å². The second kappa shape index (κ2) is 9.68. The van der Waals surface area contributed by atoms with Crippen molar-refractivity contribution in [3.63, 3.8) is 0 Å². The molecule has 178 valence electrons. The summed E-state index contributed by atoms with van der Waals surface area (Å²) < 4.78 is 15.3. The second-order valence-corrected chi connectivity index (χ2v) is 9.06. The van der Waals surface area contributed by atoms with Crippen LogP contribution < -0.4 is 9.80 Å². The lowest BCUT2D eigenvalue weighted by atomic mass is 10.2. The van der Waals surface area contributed by atoms with E-state index < -0.39 is 0 Å².